The van der Waals surface area contributed by atoms with Crippen molar-refractivity contribution >= 4 is 17.1 Å². The minimum Gasteiger partial charge on any atom is -0.457 e. The third-order valence-electron chi connectivity index (χ3n) is 15.7. The van der Waals surface area contributed by atoms with E-state index in [-0.39, 0.29) is 0 Å². The standard InChI is InChI=1S/C69H65NO/c1-4-6-7-10-17-50-24-34-58(35-25-50)69(59-36-43-64(44-37-59)71-63-41-32-52(33-42-63)49(3)46-51(5-2)56-28-26-55-27-29-57(55)47-56)67-23-16-15-22-65(67)66-45-40-62(48-68(66)69)70(60-20-13-9-14-21-60)61-38-30-54(31-39-61)53-18-11-8-12-19-53/h8-9,11-16,18-26,28,30-45,47-49,51H,4-7,10,17,27,29,46H2,1-3H3. The summed E-state index contributed by atoms with van der Waals surface area (Å²) in [7, 11) is 0. The summed E-state index contributed by atoms with van der Waals surface area (Å²) in [6, 6.07) is 81.2. The van der Waals surface area contributed by atoms with Crippen molar-refractivity contribution in [1.82, 2.24) is 0 Å². The number of aryl methyl sites for hydroxylation is 3. The lowest BCUT2D eigenvalue weighted by Gasteiger charge is -2.35. The van der Waals surface area contributed by atoms with Crippen LogP contribution in [-0.4, -0.2) is 0 Å². The number of unbranched alkanes of at least 4 members (excludes halogenated alkanes) is 3. The van der Waals surface area contributed by atoms with Crippen LogP contribution in [0.2, 0.25) is 0 Å². The van der Waals surface area contributed by atoms with Gasteiger partial charge in [0, 0.05) is 17.1 Å². The molecule has 71 heavy (non-hydrogen) atoms. The minimum atomic E-state index is -0.588. The number of benzene rings is 9. The van der Waals surface area contributed by atoms with Crippen LogP contribution in [0.5, 0.6) is 11.5 Å². The van der Waals surface area contributed by atoms with E-state index < -0.39 is 5.41 Å². The first kappa shape index (κ1) is 46.0. The highest BCUT2D eigenvalue weighted by atomic mass is 16.5. The van der Waals surface area contributed by atoms with Gasteiger partial charge >= 0.3 is 0 Å². The van der Waals surface area contributed by atoms with Crippen molar-refractivity contribution in [3.8, 4) is 33.8 Å². The highest BCUT2D eigenvalue weighted by Crippen LogP contribution is 2.57. The fourth-order valence-corrected chi connectivity index (χ4v) is 11.7. The average molecular weight is 924 g/mol. The molecule has 0 radical (unpaired) electrons. The van der Waals surface area contributed by atoms with E-state index in [0.29, 0.717) is 11.8 Å². The normalized spacial score (nSPS) is 15.2. The van der Waals surface area contributed by atoms with E-state index in [9.17, 15) is 0 Å². The lowest BCUT2D eigenvalue weighted by atomic mass is 9.67. The number of fused-ring (bicyclic) bond motifs is 4. The molecular formula is C69H65NO. The van der Waals surface area contributed by atoms with Crippen LogP contribution in [0.25, 0.3) is 22.3 Å². The van der Waals surface area contributed by atoms with Gasteiger partial charge in [0.05, 0.1) is 5.41 Å². The van der Waals surface area contributed by atoms with Crippen LogP contribution in [0.15, 0.2) is 218 Å². The Morgan fingerprint density at radius 3 is 1.75 bits per heavy atom. The van der Waals surface area contributed by atoms with Gasteiger partial charge in [-0.2, -0.15) is 0 Å². The number of nitrogens with zero attached hydrogens (tertiary/aromatic N) is 1. The molecule has 0 N–H and O–H groups in total. The van der Waals surface area contributed by atoms with Crippen LogP contribution in [0.3, 0.4) is 0 Å². The fraction of sp³-hybridized carbons (Fsp3) is 0.217. The van der Waals surface area contributed by atoms with Crippen LogP contribution in [0, 0.1) is 0 Å². The number of hydrogen-bond donors (Lipinski definition) is 0. The molecule has 0 amide bonds. The van der Waals surface area contributed by atoms with Gasteiger partial charge in [-0.05, 0) is 183 Å². The Kier molecular flexibility index (Phi) is 13.3. The summed E-state index contributed by atoms with van der Waals surface area (Å²) in [4.78, 5) is 2.40. The Bertz CT molecular complexity index is 3210. The molecule has 0 spiro atoms. The maximum Gasteiger partial charge on any atom is 0.127 e. The van der Waals surface area contributed by atoms with E-state index >= 15 is 0 Å². The zero-order valence-corrected chi connectivity index (χ0v) is 41.7. The molecule has 0 heterocycles. The molecule has 2 nitrogen and oxygen atoms in total. The largest absolute Gasteiger partial charge is 0.457 e. The number of hydrogen-bond acceptors (Lipinski definition) is 2. The monoisotopic (exact) mass is 924 g/mol. The summed E-state index contributed by atoms with van der Waals surface area (Å²) in [5.41, 5.74) is 20.1. The van der Waals surface area contributed by atoms with Crippen molar-refractivity contribution in [3.05, 3.63) is 268 Å². The molecule has 9 aromatic rings. The van der Waals surface area contributed by atoms with Crippen LogP contribution in [0.4, 0.5) is 17.1 Å². The molecule has 11 rings (SSSR count). The molecule has 2 heteroatoms. The molecule has 352 valence electrons. The van der Waals surface area contributed by atoms with Crippen LogP contribution in [-0.2, 0) is 24.7 Å². The Morgan fingerprint density at radius 2 is 1.07 bits per heavy atom. The lowest BCUT2D eigenvalue weighted by molar-refractivity contribution is 0.481. The zero-order valence-electron chi connectivity index (χ0n) is 41.7. The molecule has 0 fully saturated rings. The van der Waals surface area contributed by atoms with Gasteiger partial charge in [0.25, 0.3) is 0 Å². The van der Waals surface area contributed by atoms with Crippen LogP contribution >= 0.6 is 0 Å². The third kappa shape index (κ3) is 9.13. The van der Waals surface area contributed by atoms with Crippen LogP contribution < -0.4 is 9.64 Å². The highest BCUT2D eigenvalue weighted by molar-refractivity contribution is 5.89. The van der Waals surface area contributed by atoms with Gasteiger partial charge in [0.1, 0.15) is 11.5 Å². The fourth-order valence-electron chi connectivity index (χ4n) is 11.7. The van der Waals surface area contributed by atoms with E-state index in [1.54, 1.807) is 5.56 Å². The molecule has 9 aromatic carbocycles. The first-order chi connectivity index (χ1) is 35.0. The smallest absolute Gasteiger partial charge is 0.127 e. The zero-order chi connectivity index (χ0) is 48.2. The maximum absolute atomic E-state index is 6.66. The van der Waals surface area contributed by atoms with Gasteiger partial charge in [-0.1, -0.05) is 198 Å². The molecule has 0 aliphatic heterocycles. The number of ether oxygens (including phenoxy) is 1. The first-order valence-electron chi connectivity index (χ1n) is 26.3. The topological polar surface area (TPSA) is 12.5 Å². The van der Waals surface area contributed by atoms with Gasteiger partial charge in [-0.25, -0.2) is 0 Å². The Morgan fingerprint density at radius 1 is 0.479 bits per heavy atom. The van der Waals surface area contributed by atoms with Crippen LogP contribution in [0.1, 0.15) is 121 Å². The van der Waals surface area contributed by atoms with Gasteiger partial charge in [-0.3, -0.25) is 0 Å². The van der Waals surface area contributed by atoms with E-state index in [0.717, 1.165) is 47.8 Å². The Hall–Kier alpha value is -7.42. The van der Waals surface area contributed by atoms with E-state index in [1.807, 2.05) is 0 Å². The average Bonchev–Trinajstić information content (AvgIpc) is 3.71. The van der Waals surface area contributed by atoms with Crippen molar-refractivity contribution in [2.24, 2.45) is 0 Å². The molecular weight excluding hydrogens is 859 g/mol. The summed E-state index contributed by atoms with van der Waals surface area (Å²) in [5, 5.41) is 0. The Labute approximate surface area is 422 Å². The molecule has 0 saturated carbocycles. The number of para-hydroxylation sites is 1. The van der Waals surface area contributed by atoms with Gasteiger partial charge in [0.15, 0.2) is 0 Å². The quantitative estimate of drug-likeness (QED) is 0.0795. The summed E-state index contributed by atoms with van der Waals surface area (Å²) in [6.45, 7) is 6.99. The third-order valence-corrected chi connectivity index (χ3v) is 15.7. The molecule has 2 aliphatic carbocycles. The SMILES string of the molecule is CCCCCCc1ccc(C2(c3ccc(Oc4ccc(C(C)CC(CC)c5ccc6c(c5)CC6)cc4)cc3)c3ccccc3-c3ccc(N(c4ccccc4)c4ccc(-c5ccccc5)cc4)cc32)cc1. The van der Waals surface area contributed by atoms with Gasteiger partial charge < -0.3 is 9.64 Å². The molecule has 0 aromatic heterocycles. The summed E-state index contributed by atoms with van der Waals surface area (Å²) < 4.78 is 6.66. The lowest BCUT2D eigenvalue weighted by Crippen LogP contribution is -2.29. The maximum atomic E-state index is 6.66. The summed E-state index contributed by atoms with van der Waals surface area (Å²) in [6.07, 6.45) is 10.9. The molecule has 3 atom stereocenters. The van der Waals surface area contributed by atoms with Crippen molar-refractivity contribution < 1.29 is 4.74 Å². The van der Waals surface area contributed by atoms with E-state index in [2.05, 4.69) is 244 Å². The predicted octanol–water partition coefficient (Wildman–Crippen LogP) is 18.9. The van der Waals surface area contributed by atoms with Crippen molar-refractivity contribution in [2.45, 2.75) is 95.8 Å². The second-order valence-corrected chi connectivity index (χ2v) is 20.1. The van der Waals surface area contributed by atoms with E-state index in [4.69, 9.17) is 4.74 Å². The number of rotatable bonds is 18. The highest BCUT2D eigenvalue weighted by Gasteiger charge is 2.46. The molecule has 3 unspecified atom stereocenters. The summed E-state index contributed by atoms with van der Waals surface area (Å²) in [5.74, 6) is 2.69. The van der Waals surface area contributed by atoms with Gasteiger partial charge in [0.2, 0.25) is 0 Å². The van der Waals surface area contributed by atoms with Crippen molar-refractivity contribution in [1.29, 1.82) is 0 Å². The first-order valence-corrected chi connectivity index (χ1v) is 26.3. The molecule has 0 bridgehead atoms. The molecule has 2 aliphatic rings. The summed E-state index contributed by atoms with van der Waals surface area (Å²) >= 11 is 0. The second-order valence-electron chi connectivity index (χ2n) is 20.1. The second kappa shape index (κ2) is 20.5. The predicted molar refractivity (Wildman–Crippen MR) is 298 cm³/mol. The Balaban J connectivity index is 0.949. The number of anilines is 3. The minimum absolute atomic E-state index is 0.448. The van der Waals surface area contributed by atoms with E-state index in [1.165, 1.54) is 105 Å². The van der Waals surface area contributed by atoms with Crippen molar-refractivity contribution in [2.75, 3.05) is 4.90 Å². The molecule has 0 saturated heterocycles. The van der Waals surface area contributed by atoms with Gasteiger partial charge in [-0.15, -0.1) is 0 Å². The van der Waals surface area contributed by atoms with Crippen molar-refractivity contribution in [3.63, 3.8) is 0 Å².